The summed E-state index contributed by atoms with van der Waals surface area (Å²) < 4.78 is 13.8. The molecule has 0 aliphatic carbocycles. The van der Waals surface area contributed by atoms with E-state index in [1.54, 1.807) is 13.2 Å². The Morgan fingerprint density at radius 2 is 2.50 bits per heavy atom. The third-order valence-corrected chi connectivity index (χ3v) is 1.86. The maximum absolute atomic E-state index is 10.2. The van der Waals surface area contributed by atoms with Gasteiger partial charge in [-0.1, -0.05) is 0 Å². The fourth-order valence-corrected chi connectivity index (χ4v) is 1.12. The molecule has 0 aliphatic heterocycles. The number of aldehydes is 1. The first-order valence-corrected chi connectivity index (χ1v) is 4.18. The lowest BCUT2D eigenvalue weighted by Gasteiger charge is -1.99. The van der Waals surface area contributed by atoms with Crippen molar-refractivity contribution in [1.29, 1.82) is 0 Å². The van der Waals surface area contributed by atoms with E-state index in [2.05, 4.69) is 4.37 Å². The molecule has 1 aromatic rings. The molecular weight excluding hydrogens is 178 g/mol. The summed E-state index contributed by atoms with van der Waals surface area (Å²) in [5.74, 6) is 0.485. The molecule has 12 heavy (non-hydrogen) atoms. The molecule has 0 saturated carbocycles. The topological polar surface area (TPSA) is 48.4 Å². The lowest BCUT2D eigenvalue weighted by molar-refractivity contribution is 0.112. The molecule has 0 amide bonds. The fourth-order valence-electron chi connectivity index (χ4n) is 0.625. The molecule has 4 nitrogen and oxygen atoms in total. The second-order valence-electron chi connectivity index (χ2n) is 2.03. The number of aromatic nitrogens is 1. The first kappa shape index (κ1) is 9.15. The maximum atomic E-state index is 10.2. The van der Waals surface area contributed by atoms with E-state index in [1.807, 2.05) is 0 Å². The SMILES string of the molecule is COCCOc1cc(C=O)sn1. The van der Waals surface area contributed by atoms with Gasteiger partial charge in [-0.15, -0.1) is 0 Å². The summed E-state index contributed by atoms with van der Waals surface area (Å²) in [4.78, 5) is 10.8. The molecule has 0 fully saturated rings. The van der Waals surface area contributed by atoms with Gasteiger partial charge in [-0.2, -0.15) is 4.37 Å². The van der Waals surface area contributed by atoms with Gasteiger partial charge in [-0.3, -0.25) is 4.79 Å². The number of methoxy groups -OCH3 is 1. The Morgan fingerprint density at radius 1 is 1.67 bits per heavy atom. The minimum atomic E-state index is 0.457. The van der Waals surface area contributed by atoms with Gasteiger partial charge in [0, 0.05) is 13.2 Å². The first-order chi connectivity index (χ1) is 5.86. The molecule has 66 valence electrons. The van der Waals surface area contributed by atoms with Crippen LogP contribution in [0.3, 0.4) is 0 Å². The highest BCUT2D eigenvalue weighted by atomic mass is 32.1. The van der Waals surface area contributed by atoms with Gasteiger partial charge in [0.05, 0.1) is 11.5 Å². The van der Waals surface area contributed by atoms with E-state index in [9.17, 15) is 4.79 Å². The molecule has 5 heteroatoms. The summed E-state index contributed by atoms with van der Waals surface area (Å²) in [5.41, 5.74) is 0. The van der Waals surface area contributed by atoms with Crippen LogP contribution in [0.5, 0.6) is 5.88 Å². The predicted molar refractivity (Wildman–Crippen MR) is 44.9 cm³/mol. The van der Waals surface area contributed by atoms with Crippen LogP contribution in [0.15, 0.2) is 6.07 Å². The van der Waals surface area contributed by atoms with Crippen LogP contribution >= 0.6 is 11.5 Å². The number of hydrogen-bond acceptors (Lipinski definition) is 5. The van der Waals surface area contributed by atoms with E-state index >= 15 is 0 Å². The van der Waals surface area contributed by atoms with Crippen molar-refractivity contribution in [2.45, 2.75) is 0 Å². The molecule has 0 aromatic carbocycles. The second kappa shape index (κ2) is 4.84. The van der Waals surface area contributed by atoms with Crippen molar-refractivity contribution in [3.05, 3.63) is 10.9 Å². The average molecular weight is 187 g/mol. The third-order valence-electron chi connectivity index (χ3n) is 1.16. The van der Waals surface area contributed by atoms with Crippen LogP contribution in [0.4, 0.5) is 0 Å². The summed E-state index contributed by atoms with van der Waals surface area (Å²) in [6.45, 7) is 0.979. The van der Waals surface area contributed by atoms with Crippen LogP contribution in [0, 0.1) is 0 Å². The molecule has 0 unspecified atom stereocenters. The summed E-state index contributed by atoms with van der Waals surface area (Å²) >= 11 is 1.12. The predicted octanol–water partition coefficient (Wildman–Crippen LogP) is 0.981. The van der Waals surface area contributed by atoms with Crippen LogP contribution in [0.2, 0.25) is 0 Å². The van der Waals surface area contributed by atoms with Crippen LogP contribution in [-0.4, -0.2) is 31.0 Å². The third kappa shape index (κ3) is 2.60. The van der Waals surface area contributed by atoms with Gasteiger partial charge in [0.1, 0.15) is 6.61 Å². The highest BCUT2D eigenvalue weighted by Crippen LogP contribution is 2.13. The Morgan fingerprint density at radius 3 is 3.08 bits per heavy atom. The summed E-state index contributed by atoms with van der Waals surface area (Å²) in [6.07, 6.45) is 0.751. The lowest BCUT2D eigenvalue weighted by atomic mass is 10.5. The minimum Gasteiger partial charge on any atom is -0.475 e. The molecule has 0 aliphatic rings. The van der Waals surface area contributed by atoms with Gasteiger partial charge in [0.2, 0.25) is 5.88 Å². The molecular formula is C7H9NO3S. The first-order valence-electron chi connectivity index (χ1n) is 3.40. The number of ether oxygens (including phenoxy) is 2. The van der Waals surface area contributed by atoms with Gasteiger partial charge >= 0.3 is 0 Å². The molecule has 0 N–H and O–H groups in total. The van der Waals surface area contributed by atoms with Crippen molar-refractivity contribution in [2.24, 2.45) is 0 Å². The number of carbonyl (C=O) groups is 1. The van der Waals surface area contributed by atoms with E-state index < -0.39 is 0 Å². The largest absolute Gasteiger partial charge is 0.475 e. The Labute approximate surface area is 74.3 Å². The molecule has 0 radical (unpaired) electrons. The average Bonchev–Trinajstić information content (AvgIpc) is 2.53. The summed E-state index contributed by atoms with van der Waals surface area (Å²) in [6, 6.07) is 1.60. The van der Waals surface area contributed by atoms with Crippen LogP contribution < -0.4 is 4.74 Å². The molecule has 0 saturated heterocycles. The number of nitrogens with zero attached hydrogens (tertiary/aromatic N) is 1. The number of carbonyl (C=O) groups excluding carboxylic acids is 1. The zero-order valence-electron chi connectivity index (χ0n) is 6.65. The van der Waals surface area contributed by atoms with Gasteiger partial charge in [0.15, 0.2) is 6.29 Å². The van der Waals surface area contributed by atoms with E-state index in [0.29, 0.717) is 24.0 Å². The van der Waals surface area contributed by atoms with Gasteiger partial charge in [-0.25, -0.2) is 0 Å². The zero-order chi connectivity index (χ0) is 8.81. The maximum Gasteiger partial charge on any atom is 0.225 e. The fraction of sp³-hybridized carbons (Fsp3) is 0.429. The van der Waals surface area contributed by atoms with Crippen LogP contribution in [-0.2, 0) is 4.74 Å². The van der Waals surface area contributed by atoms with E-state index in [0.717, 1.165) is 17.8 Å². The van der Waals surface area contributed by atoms with Gasteiger partial charge < -0.3 is 9.47 Å². The van der Waals surface area contributed by atoms with Crippen molar-refractivity contribution in [3.63, 3.8) is 0 Å². The molecule has 1 heterocycles. The van der Waals surface area contributed by atoms with E-state index in [4.69, 9.17) is 9.47 Å². The minimum absolute atomic E-state index is 0.457. The normalized spacial score (nSPS) is 9.75. The smallest absolute Gasteiger partial charge is 0.225 e. The number of rotatable bonds is 5. The quantitative estimate of drug-likeness (QED) is 0.509. The molecule has 1 aromatic heterocycles. The van der Waals surface area contributed by atoms with Crippen molar-refractivity contribution in [3.8, 4) is 5.88 Å². The highest BCUT2D eigenvalue weighted by molar-refractivity contribution is 7.07. The van der Waals surface area contributed by atoms with Crippen molar-refractivity contribution in [1.82, 2.24) is 4.37 Å². The van der Waals surface area contributed by atoms with E-state index in [1.165, 1.54) is 0 Å². The standard InChI is InChI=1S/C7H9NO3S/c1-10-2-3-11-7-4-6(5-9)12-8-7/h4-5H,2-3H2,1H3. The van der Waals surface area contributed by atoms with Crippen molar-refractivity contribution in [2.75, 3.05) is 20.3 Å². The Balaban J connectivity index is 2.36. The number of hydrogen-bond donors (Lipinski definition) is 0. The second-order valence-corrected chi connectivity index (χ2v) is 2.86. The van der Waals surface area contributed by atoms with Crippen molar-refractivity contribution < 1.29 is 14.3 Å². The molecule has 0 atom stereocenters. The zero-order valence-corrected chi connectivity index (χ0v) is 7.47. The summed E-state index contributed by atoms with van der Waals surface area (Å²) in [7, 11) is 1.60. The lowest BCUT2D eigenvalue weighted by Crippen LogP contribution is -2.03. The van der Waals surface area contributed by atoms with Gasteiger partial charge in [-0.05, 0) is 11.5 Å². The van der Waals surface area contributed by atoms with Gasteiger partial charge in [0.25, 0.3) is 0 Å². The van der Waals surface area contributed by atoms with E-state index in [-0.39, 0.29) is 0 Å². The Bertz CT molecular complexity index is 249. The highest BCUT2D eigenvalue weighted by Gasteiger charge is 2.00. The Hall–Kier alpha value is -0.940. The monoisotopic (exact) mass is 187 g/mol. The molecule has 0 spiro atoms. The molecule has 1 rings (SSSR count). The summed E-state index contributed by atoms with van der Waals surface area (Å²) in [5, 5.41) is 0. The van der Waals surface area contributed by atoms with Crippen molar-refractivity contribution >= 4 is 17.8 Å². The molecule has 0 bridgehead atoms. The van der Waals surface area contributed by atoms with Crippen LogP contribution in [0.1, 0.15) is 9.67 Å². The van der Waals surface area contributed by atoms with Crippen LogP contribution in [0.25, 0.3) is 0 Å². The Kier molecular flexibility index (Phi) is 3.69.